The number of likely N-dealkylation sites (N-methyl/N-ethyl adjacent to an activating group) is 1. The largest absolute Gasteiger partial charge is 0.381 e. The van der Waals surface area contributed by atoms with Gasteiger partial charge in [0, 0.05) is 30.7 Å². The molecule has 2 heteroatoms. The molecule has 0 saturated carbocycles. The van der Waals surface area contributed by atoms with Crippen LogP contribution in [-0.2, 0) is 6.42 Å². The van der Waals surface area contributed by atoms with Gasteiger partial charge in [-0.05, 0) is 23.3 Å². The van der Waals surface area contributed by atoms with Crippen molar-refractivity contribution in [2.75, 3.05) is 14.1 Å². The van der Waals surface area contributed by atoms with Crippen molar-refractivity contribution in [1.82, 2.24) is 4.90 Å². The van der Waals surface area contributed by atoms with E-state index in [0.29, 0.717) is 0 Å². The summed E-state index contributed by atoms with van der Waals surface area (Å²) in [7, 11) is 4.18. The fraction of sp³-hybridized carbons (Fsp3) is 0.273. The van der Waals surface area contributed by atoms with Crippen LogP contribution in [0.5, 0.6) is 0 Å². The number of nitrogens with zero attached hydrogens (tertiary/aromatic N) is 1. The van der Waals surface area contributed by atoms with Crippen LogP contribution in [0.4, 0.5) is 0 Å². The SMILES string of the molecule is CN(C)C1=Cc2c(Br)cccc2C1. The van der Waals surface area contributed by atoms with Crippen molar-refractivity contribution in [3.8, 4) is 0 Å². The number of benzene rings is 1. The summed E-state index contributed by atoms with van der Waals surface area (Å²) in [5.74, 6) is 0. The fourth-order valence-electron chi connectivity index (χ4n) is 1.60. The van der Waals surface area contributed by atoms with Crippen LogP contribution in [0, 0.1) is 0 Å². The number of allylic oxidation sites excluding steroid dienone is 1. The molecule has 0 aliphatic heterocycles. The van der Waals surface area contributed by atoms with Crippen LogP contribution in [0.2, 0.25) is 0 Å². The van der Waals surface area contributed by atoms with Crippen LogP contribution in [-0.4, -0.2) is 19.0 Å². The Kier molecular flexibility index (Phi) is 2.16. The quantitative estimate of drug-likeness (QED) is 0.727. The smallest absolute Gasteiger partial charge is 0.0251 e. The van der Waals surface area contributed by atoms with E-state index in [1.807, 2.05) is 0 Å². The summed E-state index contributed by atoms with van der Waals surface area (Å²) < 4.78 is 1.20. The molecule has 0 amide bonds. The maximum absolute atomic E-state index is 3.56. The third-order valence-corrected chi connectivity index (χ3v) is 3.09. The van der Waals surface area contributed by atoms with Crippen LogP contribution >= 0.6 is 15.9 Å². The Bertz CT molecular complexity index is 366. The number of hydrogen-bond acceptors (Lipinski definition) is 1. The van der Waals surface area contributed by atoms with E-state index in [1.54, 1.807) is 0 Å². The van der Waals surface area contributed by atoms with Crippen molar-refractivity contribution >= 4 is 22.0 Å². The van der Waals surface area contributed by atoms with Gasteiger partial charge in [-0.2, -0.15) is 0 Å². The molecule has 1 aromatic rings. The van der Waals surface area contributed by atoms with Gasteiger partial charge in [0.15, 0.2) is 0 Å². The first-order valence-electron chi connectivity index (χ1n) is 4.34. The molecule has 1 aliphatic rings. The van der Waals surface area contributed by atoms with Gasteiger partial charge in [-0.3, -0.25) is 0 Å². The molecule has 0 N–H and O–H groups in total. The highest BCUT2D eigenvalue weighted by Crippen LogP contribution is 2.31. The maximum Gasteiger partial charge on any atom is 0.0251 e. The zero-order chi connectivity index (χ0) is 9.42. The minimum absolute atomic E-state index is 1.06. The zero-order valence-corrected chi connectivity index (χ0v) is 9.43. The van der Waals surface area contributed by atoms with Gasteiger partial charge in [-0.15, -0.1) is 0 Å². The van der Waals surface area contributed by atoms with Crippen molar-refractivity contribution in [3.63, 3.8) is 0 Å². The highest BCUT2D eigenvalue weighted by atomic mass is 79.9. The topological polar surface area (TPSA) is 3.24 Å². The Hall–Kier alpha value is -0.760. The summed E-state index contributed by atoms with van der Waals surface area (Å²) in [6.07, 6.45) is 3.31. The second-order valence-electron chi connectivity index (χ2n) is 3.52. The molecule has 0 radical (unpaired) electrons. The lowest BCUT2D eigenvalue weighted by Crippen LogP contribution is -2.10. The maximum atomic E-state index is 3.56. The molecule has 2 rings (SSSR count). The monoisotopic (exact) mass is 237 g/mol. The van der Waals surface area contributed by atoms with Crippen molar-refractivity contribution in [3.05, 3.63) is 39.5 Å². The summed E-state index contributed by atoms with van der Waals surface area (Å²) in [6.45, 7) is 0. The lowest BCUT2D eigenvalue weighted by atomic mass is 10.1. The van der Waals surface area contributed by atoms with E-state index in [4.69, 9.17) is 0 Å². The molecule has 0 atom stereocenters. The third-order valence-electron chi connectivity index (χ3n) is 2.40. The summed E-state index contributed by atoms with van der Waals surface area (Å²) in [5.41, 5.74) is 4.13. The minimum Gasteiger partial charge on any atom is -0.381 e. The Morgan fingerprint density at radius 1 is 1.31 bits per heavy atom. The lowest BCUT2D eigenvalue weighted by molar-refractivity contribution is 0.507. The normalized spacial score (nSPS) is 13.9. The Labute approximate surface area is 87.2 Å². The Morgan fingerprint density at radius 3 is 2.69 bits per heavy atom. The molecular formula is C11H12BrN. The molecule has 0 fully saturated rings. The molecule has 1 nitrogen and oxygen atoms in total. The average Bonchev–Trinajstić information content (AvgIpc) is 2.49. The number of halogens is 1. The van der Waals surface area contributed by atoms with Crippen LogP contribution in [0.25, 0.3) is 6.08 Å². The highest BCUT2D eigenvalue weighted by molar-refractivity contribution is 9.10. The average molecular weight is 238 g/mol. The molecule has 0 unspecified atom stereocenters. The fourth-order valence-corrected chi connectivity index (χ4v) is 2.12. The van der Waals surface area contributed by atoms with Crippen molar-refractivity contribution in [2.45, 2.75) is 6.42 Å². The molecule has 0 spiro atoms. The first-order valence-corrected chi connectivity index (χ1v) is 5.13. The van der Waals surface area contributed by atoms with Crippen LogP contribution < -0.4 is 0 Å². The van der Waals surface area contributed by atoms with Gasteiger partial charge >= 0.3 is 0 Å². The first kappa shape index (κ1) is 8.82. The summed E-state index contributed by atoms with van der Waals surface area (Å²) in [4.78, 5) is 2.17. The Balaban J connectivity index is 2.43. The third kappa shape index (κ3) is 1.51. The van der Waals surface area contributed by atoms with Crippen molar-refractivity contribution in [1.29, 1.82) is 0 Å². The zero-order valence-electron chi connectivity index (χ0n) is 7.84. The number of rotatable bonds is 1. The van der Waals surface area contributed by atoms with E-state index in [9.17, 15) is 0 Å². The molecule has 1 aliphatic carbocycles. The van der Waals surface area contributed by atoms with Gasteiger partial charge in [0.05, 0.1) is 0 Å². The van der Waals surface area contributed by atoms with Crippen LogP contribution in [0.3, 0.4) is 0 Å². The van der Waals surface area contributed by atoms with Crippen molar-refractivity contribution < 1.29 is 0 Å². The van der Waals surface area contributed by atoms with E-state index in [-0.39, 0.29) is 0 Å². The standard InChI is InChI=1S/C11H12BrN/c1-13(2)9-6-8-4-3-5-11(12)10(8)7-9/h3-5,7H,6H2,1-2H3. The summed E-state index contributed by atoms with van der Waals surface area (Å²) in [5, 5.41) is 0. The molecule has 0 heterocycles. The lowest BCUT2D eigenvalue weighted by Gasteiger charge is -2.12. The van der Waals surface area contributed by atoms with Crippen LogP contribution in [0.1, 0.15) is 11.1 Å². The molecule has 1 aromatic carbocycles. The molecule has 0 saturated heterocycles. The second kappa shape index (κ2) is 3.18. The number of fused-ring (bicyclic) bond motifs is 1. The van der Waals surface area contributed by atoms with E-state index in [0.717, 1.165) is 6.42 Å². The summed E-state index contributed by atoms with van der Waals surface area (Å²) in [6, 6.07) is 6.37. The minimum atomic E-state index is 1.06. The van der Waals surface area contributed by atoms with E-state index in [2.05, 4.69) is 59.2 Å². The first-order chi connectivity index (χ1) is 6.18. The highest BCUT2D eigenvalue weighted by Gasteiger charge is 2.15. The molecule has 13 heavy (non-hydrogen) atoms. The van der Waals surface area contributed by atoms with Gasteiger partial charge in [0.2, 0.25) is 0 Å². The Morgan fingerprint density at radius 2 is 2.08 bits per heavy atom. The van der Waals surface area contributed by atoms with Gasteiger partial charge < -0.3 is 4.90 Å². The summed E-state index contributed by atoms with van der Waals surface area (Å²) >= 11 is 3.56. The van der Waals surface area contributed by atoms with E-state index in [1.165, 1.54) is 21.3 Å². The molecule has 68 valence electrons. The molecule has 0 aromatic heterocycles. The molecule has 0 bridgehead atoms. The predicted octanol–water partition coefficient (Wildman–Crippen LogP) is 2.91. The van der Waals surface area contributed by atoms with E-state index < -0.39 is 0 Å². The van der Waals surface area contributed by atoms with Gasteiger partial charge in [0.25, 0.3) is 0 Å². The van der Waals surface area contributed by atoms with Crippen LogP contribution in [0.15, 0.2) is 28.4 Å². The van der Waals surface area contributed by atoms with Gasteiger partial charge in [0.1, 0.15) is 0 Å². The van der Waals surface area contributed by atoms with Gasteiger partial charge in [-0.25, -0.2) is 0 Å². The second-order valence-corrected chi connectivity index (χ2v) is 4.37. The van der Waals surface area contributed by atoms with Gasteiger partial charge in [-0.1, -0.05) is 28.1 Å². The number of hydrogen-bond donors (Lipinski definition) is 0. The van der Waals surface area contributed by atoms with Crippen molar-refractivity contribution in [2.24, 2.45) is 0 Å². The van der Waals surface area contributed by atoms with E-state index >= 15 is 0 Å². The molecular weight excluding hydrogens is 226 g/mol. The predicted molar refractivity (Wildman–Crippen MR) is 59.5 cm³/mol.